The van der Waals surface area contributed by atoms with Gasteiger partial charge in [0.25, 0.3) is 0 Å². The summed E-state index contributed by atoms with van der Waals surface area (Å²) in [5, 5.41) is 3.78. The highest BCUT2D eigenvalue weighted by molar-refractivity contribution is 6.29. The van der Waals surface area contributed by atoms with E-state index in [4.69, 9.17) is 16.3 Å². The zero-order valence-corrected chi connectivity index (χ0v) is 12.3. The molecule has 1 aliphatic rings. The summed E-state index contributed by atoms with van der Waals surface area (Å²) in [4.78, 5) is 10.9. The first kappa shape index (κ1) is 14.5. The van der Waals surface area contributed by atoms with Gasteiger partial charge < -0.3 is 15.0 Å². The Bertz CT molecular complexity index is 416. The Labute approximate surface area is 119 Å². The van der Waals surface area contributed by atoms with Crippen molar-refractivity contribution in [1.82, 2.24) is 14.9 Å². The van der Waals surface area contributed by atoms with Crippen LogP contribution in [-0.4, -0.2) is 54.3 Å². The van der Waals surface area contributed by atoms with E-state index < -0.39 is 0 Å². The number of rotatable bonds is 5. The van der Waals surface area contributed by atoms with Crippen molar-refractivity contribution >= 4 is 17.4 Å². The average molecular weight is 285 g/mol. The van der Waals surface area contributed by atoms with Crippen LogP contribution in [0.4, 0.5) is 5.82 Å². The van der Waals surface area contributed by atoms with E-state index in [0.29, 0.717) is 5.15 Å². The molecule has 1 fully saturated rings. The van der Waals surface area contributed by atoms with Crippen LogP contribution in [0.3, 0.4) is 0 Å². The molecule has 5 nitrogen and oxygen atoms in total. The Balaban J connectivity index is 1.91. The SMILES string of the molecule is CCCc1nc(Cl)cc(NCC2CN(C)CCO2)n1. The molecule has 2 rings (SSSR count). The third kappa shape index (κ3) is 4.60. The average Bonchev–Trinajstić information content (AvgIpc) is 2.36. The molecule has 2 heterocycles. The number of hydrogen-bond acceptors (Lipinski definition) is 5. The van der Waals surface area contributed by atoms with Crippen LogP contribution in [0.5, 0.6) is 0 Å². The maximum absolute atomic E-state index is 6.00. The van der Waals surface area contributed by atoms with Crippen molar-refractivity contribution in [3.8, 4) is 0 Å². The van der Waals surface area contributed by atoms with Crippen LogP contribution in [0.2, 0.25) is 5.15 Å². The van der Waals surface area contributed by atoms with Crippen LogP contribution in [0, 0.1) is 0 Å². The summed E-state index contributed by atoms with van der Waals surface area (Å²) in [5.74, 6) is 1.57. The maximum Gasteiger partial charge on any atom is 0.134 e. The molecule has 106 valence electrons. The Morgan fingerprint density at radius 3 is 3.11 bits per heavy atom. The monoisotopic (exact) mass is 284 g/mol. The number of halogens is 1. The smallest absolute Gasteiger partial charge is 0.134 e. The molecule has 0 aromatic carbocycles. The molecule has 19 heavy (non-hydrogen) atoms. The number of nitrogens with one attached hydrogen (secondary N) is 1. The largest absolute Gasteiger partial charge is 0.374 e. The predicted molar refractivity (Wildman–Crippen MR) is 76.8 cm³/mol. The first-order valence-electron chi connectivity index (χ1n) is 6.75. The van der Waals surface area contributed by atoms with E-state index in [1.165, 1.54) is 0 Å². The lowest BCUT2D eigenvalue weighted by Crippen LogP contribution is -2.43. The fraction of sp³-hybridized carbons (Fsp3) is 0.692. The van der Waals surface area contributed by atoms with Gasteiger partial charge in [-0.05, 0) is 13.5 Å². The van der Waals surface area contributed by atoms with Crippen LogP contribution in [0.25, 0.3) is 0 Å². The summed E-state index contributed by atoms with van der Waals surface area (Å²) in [5.41, 5.74) is 0. The van der Waals surface area contributed by atoms with Crippen LogP contribution in [0.1, 0.15) is 19.2 Å². The molecule has 0 radical (unpaired) electrons. The number of nitrogens with zero attached hydrogens (tertiary/aromatic N) is 3. The van der Waals surface area contributed by atoms with E-state index in [9.17, 15) is 0 Å². The third-order valence-corrected chi connectivity index (χ3v) is 3.26. The third-order valence-electron chi connectivity index (χ3n) is 3.07. The van der Waals surface area contributed by atoms with Crippen molar-refractivity contribution in [1.29, 1.82) is 0 Å². The molecule has 0 bridgehead atoms. The first-order valence-corrected chi connectivity index (χ1v) is 7.12. The van der Waals surface area contributed by atoms with Gasteiger partial charge >= 0.3 is 0 Å². The summed E-state index contributed by atoms with van der Waals surface area (Å²) < 4.78 is 5.70. The lowest BCUT2D eigenvalue weighted by Gasteiger charge is -2.30. The standard InChI is InChI=1S/C13H21ClN4O/c1-3-4-12-16-11(14)7-13(17-12)15-8-10-9-18(2)5-6-19-10/h7,10H,3-6,8-9H2,1-2H3,(H,15,16,17). The Kier molecular flexibility index (Phi) is 5.36. The Morgan fingerprint density at radius 1 is 1.53 bits per heavy atom. The molecule has 0 spiro atoms. The second-order valence-corrected chi connectivity index (χ2v) is 5.27. The number of likely N-dealkylation sites (N-methyl/N-ethyl adjacent to an activating group) is 1. The molecule has 0 aliphatic carbocycles. The van der Waals surface area contributed by atoms with E-state index >= 15 is 0 Å². The predicted octanol–water partition coefficient (Wildman–Crippen LogP) is 1.82. The number of ether oxygens (including phenoxy) is 1. The van der Waals surface area contributed by atoms with Crippen molar-refractivity contribution in [3.05, 3.63) is 17.0 Å². The molecule has 1 atom stereocenters. The molecule has 0 amide bonds. The van der Waals surface area contributed by atoms with Crippen LogP contribution in [0.15, 0.2) is 6.07 Å². The summed E-state index contributed by atoms with van der Waals surface area (Å²) in [6.45, 7) is 5.56. The van der Waals surface area contributed by atoms with E-state index in [0.717, 1.165) is 50.7 Å². The van der Waals surface area contributed by atoms with Crippen LogP contribution < -0.4 is 5.32 Å². The minimum absolute atomic E-state index is 0.196. The van der Waals surface area contributed by atoms with Gasteiger partial charge in [0, 0.05) is 32.1 Å². The number of morpholine rings is 1. The lowest BCUT2D eigenvalue weighted by atomic mass is 10.3. The van der Waals surface area contributed by atoms with Crippen molar-refractivity contribution in [2.45, 2.75) is 25.9 Å². The fourth-order valence-corrected chi connectivity index (χ4v) is 2.30. The second kappa shape index (κ2) is 7.03. The van der Waals surface area contributed by atoms with Gasteiger partial charge in [0.15, 0.2) is 0 Å². The highest BCUT2D eigenvalue weighted by Gasteiger charge is 2.17. The lowest BCUT2D eigenvalue weighted by molar-refractivity contribution is -0.0117. The first-order chi connectivity index (χ1) is 9.17. The number of aryl methyl sites for hydroxylation is 1. The summed E-state index contributed by atoms with van der Waals surface area (Å²) >= 11 is 6.00. The molecule has 1 aromatic rings. The van der Waals surface area contributed by atoms with Gasteiger partial charge in [-0.3, -0.25) is 0 Å². The molecule has 1 aliphatic heterocycles. The van der Waals surface area contributed by atoms with Crippen molar-refractivity contribution < 1.29 is 4.74 Å². The highest BCUT2D eigenvalue weighted by atomic mass is 35.5. The van der Waals surface area contributed by atoms with Crippen molar-refractivity contribution in [2.24, 2.45) is 0 Å². The molecule has 1 saturated heterocycles. The van der Waals surface area contributed by atoms with Gasteiger partial charge in [-0.2, -0.15) is 0 Å². The van der Waals surface area contributed by atoms with Gasteiger partial charge in [0.1, 0.15) is 16.8 Å². The molecule has 6 heteroatoms. The summed E-state index contributed by atoms with van der Waals surface area (Å²) in [6.07, 6.45) is 2.05. The number of aromatic nitrogens is 2. The van der Waals surface area contributed by atoms with Crippen molar-refractivity contribution in [3.63, 3.8) is 0 Å². The summed E-state index contributed by atoms with van der Waals surface area (Å²) in [6, 6.07) is 1.76. The van der Waals surface area contributed by atoms with E-state index in [1.54, 1.807) is 6.07 Å². The Hall–Kier alpha value is -0.910. The van der Waals surface area contributed by atoms with Gasteiger partial charge in [-0.15, -0.1) is 0 Å². The topological polar surface area (TPSA) is 50.3 Å². The molecular weight excluding hydrogens is 264 g/mol. The van der Waals surface area contributed by atoms with E-state index in [2.05, 4.69) is 34.2 Å². The number of anilines is 1. The molecule has 0 saturated carbocycles. The van der Waals surface area contributed by atoms with Crippen LogP contribution in [-0.2, 0) is 11.2 Å². The highest BCUT2D eigenvalue weighted by Crippen LogP contribution is 2.13. The molecular formula is C13H21ClN4O. The van der Waals surface area contributed by atoms with E-state index in [-0.39, 0.29) is 6.10 Å². The zero-order valence-electron chi connectivity index (χ0n) is 11.5. The minimum Gasteiger partial charge on any atom is -0.374 e. The molecule has 1 aromatic heterocycles. The van der Waals surface area contributed by atoms with Crippen LogP contribution >= 0.6 is 11.6 Å². The van der Waals surface area contributed by atoms with E-state index in [1.807, 2.05) is 0 Å². The number of hydrogen-bond donors (Lipinski definition) is 1. The molecule has 1 unspecified atom stereocenters. The van der Waals surface area contributed by atoms with Gasteiger partial charge in [0.05, 0.1) is 12.7 Å². The fourth-order valence-electron chi connectivity index (χ4n) is 2.10. The molecule has 1 N–H and O–H groups in total. The quantitative estimate of drug-likeness (QED) is 0.836. The minimum atomic E-state index is 0.196. The maximum atomic E-state index is 6.00. The summed E-state index contributed by atoms with van der Waals surface area (Å²) in [7, 11) is 2.11. The zero-order chi connectivity index (χ0) is 13.7. The normalized spacial score (nSPS) is 20.5. The van der Waals surface area contributed by atoms with Gasteiger partial charge in [-0.1, -0.05) is 18.5 Å². The second-order valence-electron chi connectivity index (χ2n) is 4.88. The van der Waals surface area contributed by atoms with Crippen molar-refractivity contribution in [2.75, 3.05) is 38.6 Å². The van der Waals surface area contributed by atoms with Gasteiger partial charge in [0.2, 0.25) is 0 Å². The Morgan fingerprint density at radius 2 is 2.37 bits per heavy atom. The van der Waals surface area contributed by atoms with Gasteiger partial charge in [-0.25, -0.2) is 9.97 Å².